The smallest absolute Gasteiger partial charge is 0.333 e. The molecule has 8 saturated carbocycles. The van der Waals surface area contributed by atoms with Crippen molar-refractivity contribution in [2.24, 2.45) is 106 Å². The summed E-state index contributed by atoms with van der Waals surface area (Å²) in [6.07, 6.45) is 14.9. The minimum Gasteiger partial charge on any atom is -0.465 e. The zero-order valence-corrected chi connectivity index (χ0v) is 63.8. The Hall–Kier alpha value is -3.48. The Morgan fingerprint density at radius 3 is 1.20 bits per heavy atom. The van der Waals surface area contributed by atoms with Gasteiger partial charge in [-0.3, -0.25) is 9.59 Å². The van der Waals surface area contributed by atoms with E-state index < -0.39 is 92.2 Å². The van der Waals surface area contributed by atoms with Gasteiger partial charge in [-0.15, -0.1) is 0 Å². The first kappa shape index (κ1) is 89.1. The Kier molecular flexibility index (Phi) is 27.6. The molecule has 10 aliphatic carbocycles. The van der Waals surface area contributed by atoms with Crippen LogP contribution in [-0.2, 0) is 38.1 Å². The van der Waals surface area contributed by atoms with Crippen molar-refractivity contribution in [3.05, 3.63) is 46.6 Å². The van der Waals surface area contributed by atoms with Crippen LogP contribution in [0.5, 0.6) is 0 Å². The molecular formula is C86H148O16. The van der Waals surface area contributed by atoms with Crippen molar-refractivity contribution in [1.82, 2.24) is 0 Å². The monoisotopic (exact) mass is 1440 g/mol. The molecule has 0 spiro atoms. The van der Waals surface area contributed by atoms with Gasteiger partial charge in [0.1, 0.15) is 13.2 Å². The molecule has 16 heteroatoms. The lowest BCUT2D eigenvalue weighted by Gasteiger charge is -2.72. The Balaban J connectivity index is 0.000000353. The second-order valence-electron chi connectivity index (χ2n) is 37.0. The van der Waals surface area contributed by atoms with Crippen LogP contribution in [-0.4, -0.2) is 140 Å². The first-order chi connectivity index (χ1) is 45.5. The Bertz CT molecular complexity index is 3090. The molecule has 588 valence electrons. The number of aliphatic hydroxyl groups excluding tert-OH is 8. The standard InChI is InChI=1S/2C41H66O8.4CH4/c1-11-24(4)34(46)48-22-38(8)28-16-19-39(9)29(37(28,7)18-17-30(38)42)15-14-26-27-20-36(5,6)32(44)33(45)41(27,31(43)21-40(26,39)10)23-49-35(47)25(12-2)13-3;1-10-12-13-14-32(44)48-24-41-27(21-36(4,5)33(45)34(41)46)26-15-16-29-37(6)19-18-30(42)38(7,23-49-35(47)25(3)11-2)28(37)17-20-39(29,8)40(26,9)22-31(41)43;;;;/h11,14,25,27-33,42-45H,12-13,15-23H2,1-10H3;11,15,27-31,33-34,42-43,45-46H,10,12-14,16-24H2,1-9H3;4*1H4/b24-11+;25-11+;;;;/t27?,28?,29?,30-,31+,32-,33-,37-,38+,39+,40+,41-;27?,28?,29?,30-,31+,33-,34-,37-,38+,39+,40+,41-;;;;/m00..../s1. The molecule has 10 aliphatic rings. The molecule has 0 saturated heterocycles. The van der Waals surface area contributed by atoms with E-state index in [-0.39, 0.29) is 143 Å². The topological polar surface area (TPSA) is 267 Å². The summed E-state index contributed by atoms with van der Waals surface area (Å²) in [5.74, 6) is -1.30. The zero-order chi connectivity index (χ0) is 72.9. The van der Waals surface area contributed by atoms with Crippen LogP contribution < -0.4 is 0 Å². The number of unbranched alkanes of at least 4 members (excludes halogenated alkanes) is 2. The molecular weight excluding hydrogens is 1290 g/mol. The molecule has 0 amide bonds. The minimum absolute atomic E-state index is 0. The number of hydrogen-bond donors (Lipinski definition) is 8. The highest BCUT2D eigenvalue weighted by Crippen LogP contribution is 2.78. The normalized spacial score (nSPS) is 44.2. The summed E-state index contributed by atoms with van der Waals surface area (Å²) in [6.45, 7) is 39.6. The summed E-state index contributed by atoms with van der Waals surface area (Å²) in [4.78, 5) is 51.5. The number of fused-ring (bicyclic) bond motifs is 14. The van der Waals surface area contributed by atoms with Crippen LogP contribution >= 0.6 is 0 Å². The molecule has 0 aliphatic heterocycles. The van der Waals surface area contributed by atoms with Gasteiger partial charge in [-0.25, -0.2) is 9.59 Å². The van der Waals surface area contributed by atoms with Gasteiger partial charge in [-0.2, -0.15) is 0 Å². The molecule has 8 N–H and O–H groups in total. The average Bonchev–Trinajstić information content (AvgIpc) is 0.675. The molecule has 0 radical (unpaired) electrons. The summed E-state index contributed by atoms with van der Waals surface area (Å²) in [6, 6.07) is 0. The fraction of sp³-hybridized carbons (Fsp3) is 0.860. The largest absolute Gasteiger partial charge is 0.465 e. The molecule has 16 nitrogen and oxygen atoms in total. The van der Waals surface area contributed by atoms with Gasteiger partial charge in [0.25, 0.3) is 0 Å². The minimum atomic E-state index is -1.26. The summed E-state index contributed by atoms with van der Waals surface area (Å²) < 4.78 is 23.7. The lowest BCUT2D eigenvalue weighted by molar-refractivity contribution is -0.261. The van der Waals surface area contributed by atoms with Crippen molar-refractivity contribution >= 4 is 23.9 Å². The van der Waals surface area contributed by atoms with Crippen LogP contribution in [0, 0.1) is 106 Å². The van der Waals surface area contributed by atoms with E-state index in [9.17, 15) is 60.0 Å². The number of hydrogen-bond acceptors (Lipinski definition) is 16. The quantitative estimate of drug-likeness (QED) is 0.0221. The van der Waals surface area contributed by atoms with E-state index in [1.54, 1.807) is 26.0 Å². The van der Waals surface area contributed by atoms with Crippen molar-refractivity contribution in [3.63, 3.8) is 0 Å². The van der Waals surface area contributed by atoms with Crippen LogP contribution in [0.15, 0.2) is 46.6 Å². The number of carbonyl (C=O) groups is 4. The summed E-state index contributed by atoms with van der Waals surface area (Å²) >= 11 is 0. The molecule has 0 aromatic heterocycles. The third kappa shape index (κ3) is 13.7. The highest BCUT2D eigenvalue weighted by atomic mass is 16.5. The van der Waals surface area contributed by atoms with Gasteiger partial charge in [0.2, 0.25) is 0 Å². The fourth-order valence-electron chi connectivity index (χ4n) is 24.4. The van der Waals surface area contributed by atoms with Gasteiger partial charge >= 0.3 is 23.9 Å². The van der Waals surface area contributed by atoms with Gasteiger partial charge in [0.15, 0.2) is 0 Å². The number of aliphatic hydroxyl groups is 8. The van der Waals surface area contributed by atoms with E-state index in [0.29, 0.717) is 68.9 Å². The molecule has 6 unspecified atom stereocenters. The lowest BCUT2D eigenvalue weighted by Crippen LogP contribution is -2.72. The molecule has 102 heavy (non-hydrogen) atoms. The Morgan fingerprint density at radius 1 is 0.471 bits per heavy atom. The van der Waals surface area contributed by atoms with Gasteiger partial charge in [-0.05, 0) is 216 Å². The average molecular weight is 1440 g/mol. The first-order valence-corrected chi connectivity index (χ1v) is 38.3. The van der Waals surface area contributed by atoms with Crippen LogP contribution in [0.3, 0.4) is 0 Å². The van der Waals surface area contributed by atoms with E-state index in [1.165, 1.54) is 11.1 Å². The lowest BCUT2D eigenvalue weighted by atomic mass is 9.33. The van der Waals surface area contributed by atoms with Crippen LogP contribution in [0.1, 0.15) is 290 Å². The zero-order valence-electron chi connectivity index (χ0n) is 63.8. The van der Waals surface area contributed by atoms with Crippen molar-refractivity contribution in [3.8, 4) is 0 Å². The van der Waals surface area contributed by atoms with Crippen molar-refractivity contribution in [1.29, 1.82) is 0 Å². The highest BCUT2D eigenvalue weighted by Gasteiger charge is 2.76. The van der Waals surface area contributed by atoms with E-state index in [1.807, 2.05) is 55.4 Å². The van der Waals surface area contributed by atoms with Crippen LogP contribution in [0.25, 0.3) is 0 Å². The van der Waals surface area contributed by atoms with Crippen molar-refractivity contribution in [2.75, 3.05) is 26.4 Å². The fourth-order valence-corrected chi connectivity index (χ4v) is 24.4. The molecule has 0 bridgehead atoms. The summed E-state index contributed by atoms with van der Waals surface area (Å²) in [7, 11) is 0. The number of ether oxygens (including phenoxy) is 4. The van der Waals surface area contributed by atoms with E-state index >= 15 is 0 Å². The summed E-state index contributed by atoms with van der Waals surface area (Å²) in [5, 5.41) is 94.6. The number of esters is 4. The predicted molar refractivity (Wildman–Crippen MR) is 405 cm³/mol. The number of carbonyl (C=O) groups excluding carboxylic acids is 4. The first-order valence-electron chi connectivity index (χ1n) is 38.3. The maximum atomic E-state index is 13.2. The highest BCUT2D eigenvalue weighted by molar-refractivity contribution is 5.88. The Morgan fingerprint density at radius 2 is 0.843 bits per heavy atom. The van der Waals surface area contributed by atoms with E-state index in [0.717, 1.165) is 70.6 Å². The second kappa shape index (κ2) is 31.6. The van der Waals surface area contributed by atoms with Crippen LogP contribution in [0.4, 0.5) is 0 Å². The molecule has 0 aromatic carbocycles. The molecule has 0 heterocycles. The van der Waals surface area contributed by atoms with Gasteiger partial charge < -0.3 is 59.8 Å². The van der Waals surface area contributed by atoms with Gasteiger partial charge in [0.05, 0.1) is 78.8 Å². The predicted octanol–water partition coefficient (Wildman–Crippen LogP) is 15.7. The molecule has 10 rings (SSSR count). The van der Waals surface area contributed by atoms with Crippen LogP contribution in [0.2, 0.25) is 0 Å². The molecule has 0 aromatic rings. The molecule has 8 fully saturated rings. The van der Waals surface area contributed by atoms with E-state index in [4.69, 9.17) is 18.9 Å². The van der Waals surface area contributed by atoms with Crippen molar-refractivity contribution in [2.45, 2.75) is 339 Å². The third-order valence-corrected chi connectivity index (χ3v) is 31.6. The maximum absolute atomic E-state index is 13.2. The van der Waals surface area contributed by atoms with Gasteiger partial charge in [-0.1, -0.05) is 182 Å². The number of rotatable bonds is 17. The Labute approximate surface area is 617 Å². The number of allylic oxidation sites excluding steroid dienone is 6. The second-order valence-corrected chi connectivity index (χ2v) is 37.0. The SMILES string of the molecule is C.C.C.C.C/C=C(\C)C(=O)OC[C@]1(C)C2CC[C@]3(C)C(CC=C4C5CC(C)(C)[C@@H](O)[C@H](O)[C@]5(COC(=O)C(CC)CC)[C@H](O)C[C@]43C)[C@@]2(C)CC[C@@H]1O.C/C=C(\C)C(=O)OC[C@]1(C)C2CC[C@]3(C)C(CC=C4C5CC(C)(C)[C@@H](O)[C@H](O)[C@]5(COC(=O)CCCCC)[C@H](O)C[C@]43C)[C@@]2(C)CC[C@@H]1O. The van der Waals surface area contributed by atoms with Crippen molar-refractivity contribution < 1.29 is 79.0 Å². The molecule has 24 atom stereocenters. The maximum Gasteiger partial charge on any atom is 0.333 e. The summed E-state index contributed by atoms with van der Waals surface area (Å²) in [5.41, 5.74) is -2.70. The van der Waals surface area contributed by atoms with Gasteiger partial charge in [0, 0.05) is 28.4 Å². The third-order valence-electron chi connectivity index (χ3n) is 31.6. The van der Waals surface area contributed by atoms with E-state index in [2.05, 4.69) is 74.5 Å².